The summed E-state index contributed by atoms with van der Waals surface area (Å²) in [6.07, 6.45) is 2.38. The molecule has 0 aliphatic carbocycles. The van der Waals surface area contributed by atoms with Crippen molar-refractivity contribution in [1.82, 2.24) is 14.6 Å². The van der Waals surface area contributed by atoms with E-state index in [1.165, 1.54) is 6.07 Å². The Morgan fingerprint density at radius 2 is 2.09 bits per heavy atom. The van der Waals surface area contributed by atoms with E-state index >= 15 is 0 Å². The van der Waals surface area contributed by atoms with Crippen LogP contribution in [-0.2, 0) is 0 Å². The molecule has 0 spiro atoms. The Balaban J connectivity index is 2.04. The average molecular weight is 300 g/mol. The average Bonchev–Trinajstić information content (AvgIpc) is 2.96. The SMILES string of the molecule is CCC(CO)Nc1ccc2ncc(-c3ccccc3F)n2n1. The molecule has 0 aliphatic rings. The number of benzene rings is 1. The van der Waals surface area contributed by atoms with Gasteiger partial charge in [0.1, 0.15) is 11.6 Å². The molecular formula is C16H17FN4O. The number of aliphatic hydroxyl groups excluding tert-OH is 1. The Morgan fingerprint density at radius 1 is 1.27 bits per heavy atom. The number of aromatic nitrogens is 3. The third kappa shape index (κ3) is 2.65. The van der Waals surface area contributed by atoms with Gasteiger partial charge < -0.3 is 10.4 Å². The minimum Gasteiger partial charge on any atom is -0.394 e. The number of nitrogens with one attached hydrogen (secondary N) is 1. The zero-order chi connectivity index (χ0) is 15.5. The van der Waals surface area contributed by atoms with E-state index in [0.717, 1.165) is 6.42 Å². The van der Waals surface area contributed by atoms with Crippen LogP contribution >= 0.6 is 0 Å². The van der Waals surface area contributed by atoms with Gasteiger partial charge in [-0.2, -0.15) is 0 Å². The monoisotopic (exact) mass is 300 g/mol. The summed E-state index contributed by atoms with van der Waals surface area (Å²) in [6, 6.07) is 10.1. The van der Waals surface area contributed by atoms with Gasteiger partial charge in [0.2, 0.25) is 0 Å². The van der Waals surface area contributed by atoms with E-state index < -0.39 is 0 Å². The van der Waals surface area contributed by atoms with Crippen LogP contribution in [0.4, 0.5) is 10.2 Å². The van der Waals surface area contributed by atoms with Gasteiger partial charge in [-0.05, 0) is 30.7 Å². The second kappa shape index (κ2) is 6.11. The van der Waals surface area contributed by atoms with Gasteiger partial charge in [0.05, 0.1) is 24.5 Å². The number of halogens is 1. The highest BCUT2D eigenvalue weighted by Gasteiger charge is 2.12. The normalized spacial score (nSPS) is 12.5. The maximum atomic E-state index is 14.0. The highest BCUT2D eigenvalue weighted by molar-refractivity contribution is 5.64. The summed E-state index contributed by atoms with van der Waals surface area (Å²) < 4.78 is 15.6. The molecule has 1 aromatic carbocycles. The fourth-order valence-electron chi connectivity index (χ4n) is 2.29. The molecule has 0 fully saturated rings. The predicted molar refractivity (Wildman–Crippen MR) is 83.2 cm³/mol. The van der Waals surface area contributed by atoms with Crippen molar-refractivity contribution in [3.05, 3.63) is 48.4 Å². The van der Waals surface area contributed by atoms with Gasteiger partial charge in [-0.15, -0.1) is 5.10 Å². The van der Waals surface area contributed by atoms with Crippen molar-refractivity contribution in [1.29, 1.82) is 0 Å². The Morgan fingerprint density at radius 3 is 2.82 bits per heavy atom. The molecule has 0 saturated heterocycles. The molecule has 2 heterocycles. The van der Waals surface area contributed by atoms with Crippen LogP contribution in [0.15, 0.2) is 42.6 Å². The Bertz CT molecular complexity index is 783. The predicted octanol–water partition coefficient (Wildman–Crippen LogP) is 2.72. The quantitative estimate of drug-likeness (QED) is 0.760. The minimum absolute atomic E-state index is 0.0281. The van der Waals surface area contributed by atoms with Crippen molar-refractivity contribution in [2.45, 2.75) is 19.4 Å². The van der Waals surface area contributed by atoms with Gasteiger partial charge in [-0.3, -0.25) is 0 Å². The van der Waals surface area contributed by atoms with Gasteiger partial charge in [0.25, 0.3) is 0 Å². The van der Waals surface area contributed by atoms with Crippen molar-refractivity contribution < 1.29 is 9.50 Å². The summed E-state index contributed by atoms with van der Waals surface area (Å²) in [5, 5.41) is 16.9. The number of hydrogen-bond donors (Lipinski definition) is 2. The van der Waals surface area contributed by atoms with Crippen molar-refractivity contribution in [3.63, 3.8) is 0 Å². The number of imidazole rings is 1. The fraction of sp³-hybridized carbons (Fsp3) is 0.250. The first-order chi connectivity index (χ1) is 10.7. The zero-order valence-corrected chi connectivity index (χ0v) is 12.2. The molecule has 3 rings (SSSR count). The Hall–Kier alpha value is -2.47. The summed E-state index contributed by atoms with van der Waals surface area (Å²) in [6.45, 7) is 2.01. The van der Waals surface area contributed by atoms with Gasteiger partial charge >= 0.3 is 0 Å². The topological polar surface area (TPSA) is 62.5 Å². The van der Waals surface area contributed by atoms with Crippen LogP contribution in [0.25, 0.3) is 16.9 Å². The van der Waals surface area contributed by atoms with Gasteiger partial charge in [0, 0.05) is 5.56 Å². The van der Waals surface area contributed by atoms with Crippen molar-refractivity contribution in [2.75, 3.05) is 11.9 Å². The minimum atomic E-state index is -0.314. The summed E-state index contributed by atoms with van der Waals surface area (Å²) >= 11 is 0. The fourth-order valence-corrected chi connectivity index (χ4v) is 2.29. The molecule has 0 amide bonds. The molecule has 0 aliphatic heterocycles. The molecule has 22 heavy (non-hydrogen) atoms. The van der Waals surface area contributed by atoms with Crippen LogP contribution in [0.2, 0.25) is 0 Å². The molecule has 0 saturated carbocycles. The van der Waals surface area contributed by atoms with Crippen molar-refractivity contribution >= 4 is 11.5 Å². The van der Waals surface area contributed by atoms with E-state index in [0.29, 0.717) is 22.7 Å². The largest absolute Gasteiger partial charge is 0.394 e. The second-order valence-corrected chi connectivity index (χ2v) is 5.04. The standard InChI is InChI=1S/C16H17FN4O/c1-2-11(10-22)19-15-7-8-16-18-9-14(21(16)20-15)12-5-3-4-6-13(12)17/h3-9,11,22H,2,10H2,1H3,(H,19,20). The molecule has 0 bridgehead atoms. The molecule has 1 atom stereocenters. The van der Waals surface area contributed by atoms with Crippen LogP contribution < -0.4 is 5.32 Å². The van der Waals surface area contributed by atoms with Gasteiger partial charge in [-0.25, -0.2) is 13.9 Å². The summed E-state index contributed by atoms with van der Waals surface area (Å²) in [4.78, 5) is 4.25. The lowest BCUT2D eigenvalue weighted by atomic mass is 10.1. The zero-order valence-electron chi connectivity index (χ0n) is 12.2. The highest BCUT2D eigenvalue weighted by atomic mass is 19.1. The third-order valence-electron chi connectivity index (χ3n) is 3.58. The molecule has 2 aromatic heterocycles. The lowest BCUT2D eigenvalue weighted by Gasteiger charge is -2.14. The first-order valence-electron chi connectivity index (χ1n) is 7.20. The van der Waals surface area contributed by atoms with Gasteiger partial charge in [0.15, 0.2) is 5.65 Å². The van der Waals surface area contributed by atoms with E-state index in [9.17, 15) is 9.50 Å². The number of aliphatic hydroxyl groups is 1. The molecule has 3 aromatic rings. The molecular weight excluding hydrogens is 283 g/mol. The molecule has 5 nitrogen and oxygen atoms in total. The molecule has 6 heteroatoms. The maximum Gasteiger partial charge on any atom is 0.154 e. The van der Waals surface area contributed by atoms with E-state index in [1.807, 2.05) is 13.0 Å². The summed E-state index contributed by atoms with van der Waals surface area (Å²) in [5.74, 6) is 0.301. The van der Waals surface area contributed by atoms with Crippen molar-refractivity contribution in [3.8, 4) is 11.3 Å². The molecule has 114 valence electrons. The molecule has 1 unspecified atom stereocenters. The van der Waals surface area contributed by atoms with Crippen molar-refractivity contribution in [2.24, 2.45) is 0 Å². The number of hydrogen-bond acceptors (Lipinski definition) is 4. The van der Waals surface area contributed by atoms with E-state index in [4.69, 9.17) is 0 Å². The number of fused-ring (bicyclic) bond motifs is 1. The Kier molecular flexibility index (Phi) is 4.02. The van der Waals surface area contributed by atoms with Crippen LogP contribution in [0.1, 0.15) is 13.3 Å². The van der Waals surface area contributed by atoms with Gasteiger partial charge in [-0.1, -0.05) is 19.1 Å². The molecule has 2 N–H and O–H groups in total. The lowest BCUT2D eigenvalue weighted by molar-refractivity contribution is 0.271. The smallest absolute Gasteiger partial charge is 0.154 e. The maximum absolute atomic E-state index is 14.0. The lowest BCUT2D eigenvalue weighted by Crippen LogP contribution is -2.23. The second-order valence-electron chi connectivity index (χ2n) is 5.04. The summed E-state index contributed by atoms with van der Waals surface area (Å²) in [7, 11) is 0. The van der Waals surface area contributed by atoms with Crippen LogP contribution in [0, 0.1) is 5.82 Å². The number of nitrogens with zero attached hydrogens (tertiary/aromatic N) is 3. The number of rotatable bonds is 5. The van der Waals surface area contributed by atoms with E-state index in [-0.39, 0.29) is 18.5 Å². The summed E-state index contributed by atoms with van der Waals surface area (Å²) in [5.41, 5.74) is 1.68. The third-order valence-corrected chi connectivity index (χ3v) is 3.58. The molecule has 0 radical (unpaired) electrons. The van der Waals surface area contributed by atoms with Crippen LogP contribution in [-0.4, -0.2) is 32.4 Å². The van der Waals surface area contributed by atoms with E-state index in [1.54, 1.807) is 35.0 Å². The first-order valence-corrected chi connectivity index (χ1v) is 7.20. The van der Waals surface area contributed by atoms with Crippen LogP contribution in [0.3, 0.4) is 0 Å². The first kappa shape index (κ1) is 14.5. The number of anilines is 1. The van der Waals surface area contributed by atoms with Crippen LogP contribution in [0.5, 0.6) is 0 Å². The Labute approximate surface area is 127 Å². The van der Waals surface area contributed by atoms with E-state index in [2.05, 4.69) is 15.4 Å². The highest BCUT2D eigenvalue weighted by Crippen LogP contribution is 2.23.